The number of hydrogen-bond donors (Lipinski definition) is 3. The van der Waals surface area contributed by atoms with Crippen molar-refractivity contribution in [3.63, 3.8) is 0 Å². The lowest BCUT2D eigenvalue weighted by molar-refractivity contribution is -0.134. The van der Waals surface area contributed by atoms with Gasteiger partial charge in [-0.1, -0.05) is 0 Å². The molecule has 0 aliphatic carbocycles. The fourth-order valence-electron chi connectivity index (χ4n) is 2.60. The van der Waals surface area contributed by atoms with Gasteiger partial charge >= 0.3 is 0 Å². The number of likely N-dealkylation sites (tertiary alicyclic amines) is 1. The predicted octanol–water partition coefficient (Wildman–Crippen LogP) is 0.303. The number of nitrogens with one attached hydrogen (secondary N) is 2. The SMILES string of the molecule is CNC(=O)CC[C@]1(O)CCCN(C(=O)/C=C/c2cnc[nH]2)C1. The van der Waals surface area contributed by atoms with Crippen molar-refractivity contribution in [2.75, 3.05) is 20.1 Å². The van der Waals surface area contributed by atoms with Crippen molar-refractivity contribution in [1.29, 1.82) is 0 Å². The molecule has 2 heterocycles. The third-order valence-corrected chi connectivity index (χ3v) is 3.89. The molecule has 22 heavy (non-hydrogen) atoms. The minimum absolute atomic E-state index is 0.101. The number of aromatic amines is 1. The molecule has 3 N–H and O–H groups in total. The molecule has 2 amide bonds. The van der Waals surface area contributed by atoms with Crippen LogP contribution in [0, 0.1) is 0 Å². The monoisotopic (exact) mass is 306 g/mol. The van der Waals surface area contributed by atoms with Gasteiger partial charge in [-0.25, -0.2) is 4.98 Å². The lowest BCUT2D eigenvalue weighted by Crippen LogP contribution is -2.50. The molecule has 0 aromatic carbocycles. The number of hydrogen-bond acceptors (Lipinski definition) is 4. The smallest absolute Gasteiger partial charge is 0.246 e. The van der Waals surface area contributed by atoms with Gasteiger partial charge in [0, 0.05) is 32.6 Å². The molecule has 7 nitrogen and oxygen atoms in total. The van der Waals surface area contributed by atoms with Gasteiger partial charge in [0.05, 0.1) is 23.8 Å². The first-order valence-corrected chi connectivity index (χ1v) is 7.41. The Morgan fingerprint density at radius 1 is 1.59 bits per heavy atom. The topological polar surface area (TPSA) is 98.3 Å². The summed E-state index contributed by atoms with van der Waals surface area (Å²) in [4.78, 5) is 31.9. The van der Waals surface area contributed by atoms with Crippen molar-refractivity contribution < 1.29 is 14.7 Å². The van der Waals surface area contributed by atoms with Gasteiger partial charge in [-0.05, 0) is 25.3 Å². The third-order valence-electron chi connectivity index (χ3n) is 3.89. The van der Waals surface area contributed by atoms with E-state index in [1.807, 2.05) is 0 Å². The van der Waals surface area contributed by atoms with Crippen molar-refractivity contribution in [2.45, 2.75) is 31.3 Å². The highest BCUT2D eigenvalue weighted by atomic mass is 16.3. The number of H-pyrrole nitrogens is 1. The van der Waals surface area contributed by atoms with Crippen LogP contribution in [0.4, 0.5) is 0 Å². The normalized spacial score (nSPS) is 22.0. The van der Waals surface area contributed by atoms with Crippen LogP contribution in [0.25, 0.3) is 6.08 Å². The molecule has 0 bridgehead atoms. The fourth-order valence-corrected chi connectivity index (χ4v) is 2.60. The molecule has 120 valence electrons. The van der Waals surface area contributed by atoms with Crippen molar-refractivity contribution in [1.82, 2.24) is 20.2 Å². The first-order chi connectivity index (χ1) is 10.5. The number of amides is 2. The third kappa shape index (κ3) is 4.42. The van der Waals surface area contributed by atoms with E-state index in [2.05, 4.69) is 15.3 Å². The standard InChI is InChI=1S/C15H22N4O3/c1-16-13(20)5-7-15(22)6-2-8-19(10-15)14(21)4-3-12-9-17-11-18-12/h3-4,9,11,22H,2,5-8,10H2,1H3,(H,16,20)(H,17,18)/b4-3+/t15-/m1/s1. The fraction of sp³-hybridized carbons (Fsp3) is 0.533. The Bertz CT molecular complexity index is 541. The molecule has 0 spiro atoms. The van der Waals surface area contributed by atoms with Crippen LogP contribution in [0.1, 0.15) is 31.4 Å². The lowest BCUT2D eigenvalue weighted by Gasteiger charge is -2.38. The number of carbonyl (C=O) groups is 2. The van der Waals surface area contributed by atoms with Crippen LogP contribution in [-0.4, -0.2) is 57.5 Å². The summed E-state index contributed by atoms with van der Waals surface area (Å²) in [6.07, 6.45) is 8.26. The first-order valence-electron chi connectivity index (χ1n) is 7.41. The van der Waals surface area contributed by atoms with Gasteiger partial charge in [0.15, 0.2) is 0 Å². The van der Waals surface area contributed by atoms with E-state index in [1.165, 1.54) is 6.08 Å². The van der Waals surface area contributed by atoms with E-state index in [-0.39, 0.29) is 24.8 Å². The molecule has 0 unspecified atom stereocenters. The number of rotatable bonds is 5. The number of imidazole rings is 1. The Hall–Kier alpha value is -2.15. The van der Waals surface area contributed by atoms with E-state index in [0.717, 1.165) is 12.1 Å². The lowest BCUT2D eigenvalue weighted by atomic mass is 9.88. The second kappa shape index (κ2) is 7.22. The zero-order valence-corrected chi connectivity index (χ0v) is 12.7. The maximum atomic E-state index is 12.2. The number of carbonyl (C=O) groups excluding carboxylic acids is 2. The Morgan fingerprint density at radius 3 is 3.09 bits per heavy atom. The summed E-state index contributed by atoms with van der Waals surface area (Å²) in [5.41, 5.74) is -0.234. The molecule has 1 aliphatic rings. The summed E-state index contributed by atoms with van der Waals surface area (Å²) < 4.78 is 0. The van der Waals surface area contributed by atoms with Crippen molar-refractivity contribution in [3.05, 3.63) is 24.3 Å². The second-order valence-corrected chi connectivity index (χ2v) is 5.60. The average Bonchev–Trinajstić information content (AvgIpc) is 3.03. The number of β-amino-alcohol motifs (C(OH)–C–C–N with tert-alkyl or cyclic N) is 1. The number of nitrogens with zero attached hydrogens (tertiary/aromatic N) is 2. The summed E-state index contributed by atoms with van der Waals surface area (Å²) in [5.74, 6) is -0.247. The Labute approximate surface area is 129 Å². The van der Waals surface area contributed by atoms with Crippen molar-refractivity contribution in [2.24, 2.45) is 0 Å². The molecule has 0 saturated carbocycles. The zero-order valence-electron chi connectivity index (χ0n) is 12.7. The zero-order chi connectivity index (χ0) is 16.0. The van der Waals surface area contributed by atoms with Gasteiger partial charge < -0.3 is 20.3 Å². The van der Waals surface area contributed by atoms with Crippen LogP contribution >= 0.6 is 0 Å². The summed E-state index contributed by atoms with van der Waals surface area (Å²) in [5, 5.41) is 13.1. The van der Waals surface area contributed by atoms with E-state index >= 15 is 0 Å². The molecule has 1 saturated heterocycles. The van der Waals surface area contributed by atoms with Crippen molar-refractivity contribution in [3.8, 4) is 0 Å². The summed E-state index contributed by atoms with van der Waals surface area (Å²) in [6.45, 7) is 0.880. The summed E-state index contributed by atoms with van der Waals surface area (Å²) in [7, 11) is 1.57. The molecular formula is C15H22N4O3. The molecule has 0 radical (unpaired) electrons. The Balaban J connectivity index is 1.91. The van der Waals surface area contributed by atoms with E-state index in [4.69, 9.17) is 0 Å². The highest BCUT2D eigenvalue weighted by molar-refractivity contribution is 5.91. The number of piperidine rings is 1. The molecule has 7 heteroatoms. The van der Waals surface area contributed by atoms with Crippen LogP contribution in [0.5, 0.6) is 0 Å². The van der Waals surface area contributed by atoms with E-state index in [1.54, 1.807) is 30.5 Å². The van der Waals surface area contributed by atoms with Gasteiger partial charge in [0.2, 0.25) is 11.8 Å². The van der Waals surface area contributed by atoms with Crippen LogP contribution < -0.4 is 5.32 Å². The number of aromatic nitrogens is 2. The van der Waals surface area contributed by atoms with Gasteiger partial charge in [-0.3, -0.25) is 9.59 Å². The molecular weight excluding hydrogens is 284 g/mol. The minimum atomic E-state index is -0.984. The largest absolute Gasteiger partial charge is 0.388 e. The Morgan fingerprint density at radius 2 is 2.41 bits per heavy atom. The average molecular weight is 306 g/mol. The van der Waals surface area contributed by atoms with Crippen LogP contribution in [0.3, 0.4) is 0 Å². The summed E-state index contributed by atoms with van der Waals surface area (Å²) >= 11 is 0. The van der Waals surface area contributed by atoms with E-state index in [9.17, 15) is 14.7 Å². The number of aliphatic hydroxyl groups is 1. The minimum Gasteiger partial charge on any atom is -0.388 e. The maximum Gasteiger partial charge on any atom is 0.246 e. The second-order valence-electron chi connectivity index (χ2n) is 5.60. The van der Waals surface area contributed by atoms with Crippen LogP contribution in [-0.2, 0) is 9.59 Å². The van der Waals surface area contributed by atoms with E-state index < -0.39 is 5.60 Å². The summed E-state index contributed by atoms with van der Waals surface area (Å²) in [6, 6.07) is 0. The highest BCUT2D eigenvalue weighted by Crippen LogP contribution is 2.26. The van der Waals surface area contributed by atoms with Gasteiger partial charge in [0.1, 0.15) is 0 Å². The van der Waals surface area contributed by atoms with Gasteiger partial charge in [-0.2, -0.15) is 0 Å². The molecule has 1 aliphatic heterocycles. The Kier molecular flexibility index (Phi) is 5.32. The van der Waals surface area contributed by atoms with E-state index in [0.29, 0.717) is 19.4 Å². The van der Waals surface area contributed by atoms with Gasteiger partial charge in [-0.15, -0.1) is 0 Å². The van der Waals surface area contributed by atoms with Crippen LogP contribution in [0.2, 0.25) is 0 Å². The molecule has 2 rings (SSSR count). The van der Waals surface area contributed by atoms with Gasteiger partial charge in [0.25, 0.3) is 0 Å². The highest BCUT2D eigenvalue weighted by Gasteiger charge is 2.34. The predicted molar refractivity (Wildman–Crippen MR) is 81.7 cm³/mol. The van der Waals surface area contributed by atoms with Crippen LogP contribution in [0.15, 0.2) is 18.6 Å². The quantitative estimate of drug-likeness (QED) is 0.682. The van der Waals surface area contributed by atoms with Crippen molar-refractivity contribution >= 4 is 17.9 Å². The molecule has 1 aromatic rings. The molecule has 1 atom stereocenters. The molecule has 1 fully saturated rings. The maximum absolute atomic E-state index is 12.2. The first kappa shape index (κ1) is 16.2. The molecule has 1 aromatic heterocycles.